The number of nitrogens with one attached hydrogen (secondary N) is 1. The molecule has 11 heteroatoms. The molecule has 1 aliphatic heterocycles. The number of carbonyl (C=O) groups excluding carboxylic acids is 4. The number of hydrogen-bond donors (Lipinski definition) is 4. The number of nitrogens with zero attached hydrogens (tertiary/aromatic N) is 2. The van der Waals surface area contributed by atoms with Gasteiger partial charge in [0, 0.05) is 23.0 Å². The molecule has 3 saturated carbocycles. The zero-order chi connectivity index (χ0) is 28.1. The molecule has 1 saturated heterocycles. The van der Waals surface area contributed by atoms with Crippen molar-refractivity contribution >= 4 is 40.6 Å². The van der Waals surface area contributed by atoms with E-state index >= 15 is 0 Å². The fourth-order valence-corrected chi connectivity index (χ4v) is 8.29. The lowest BCUT2D eigenvalue weighted by atomic mass is 9.52. The Bertz CT molecular complexity index is 1340. The zero-order valence-corrected chi connectivity index (χ0v) is 22.7. The van der Waals surface area contributed by atoms with Crippen molar-refractivity contribution in [2.75, 3.05) is 20.6 Å². The Morgan fingerprint density at radius 1 is 1.23 bits per heavy atom. The maximum atomic E-state index is 14.0. The lowest BCUT2D eigenvalue weighted by molar-refractivity contribution is -0.157. The topological polar surface area (TPSA) is 165 Å². The number of benzene rings is 1. The Hall–Kier alpha value is -2.66. The molecule has 7 unspecified atom stereocenters. The molecule has 4 fully saturated rings. The van der Waals surface area contributed by atoms with Crippen molar-refractivity contribution in [1.82, 2.24) is 9.80 Å². The largest absolute Gasteiger partial charge is 0.507 e. The summed E-state index contributed by atoms with van der Waals surface area (Å²) in [6, 6.07) is 1.05. The first-order valence-corrected chi connectivity index (χ1v) is 14.0. The number of halogens is 1. The zero-order valence-electron chi connectivity index (χ0n) is 21.9. The van der Waals surface area contributed by atoms with Gasteiger partial charge < -0.3 is 21.4 Å². The highest BCUT2D eigenvalue weighted by Crippen LogP contribution is 2.53. The molecule has 1 amide bonds. The summed E-state index contributed by atoms with van der Waals surface area (Å²) in [6.07, 6.45) is 4.48. The van der Waals surface area contributed by atoms with Gasteiger partial charge in [-0.05, 0) is 82.3 Å². The highest BCUT2D eigenvalue weighted by Gasteiger charge is 2.67. The summed E-state index contributed by atoms with van der Waals surface area (Å²) in [5, 5.41) is 31.9. The van der Waals surface area contributed by atoms with E-state index in [0.717, 1.165) is 37.8 Å². The van der Waals surface area contributed by atoms with Gasteiger partial charge in [-0.25, -0.2) is 0 Å². The molecule has 0 bridgehead atoms. The monoisotopic (exact) mass is 556 g/mol. The van der Waals surface area contributed by atoms with E-state index in [-0.39, 0.29) is 30.2 Å². The standard InChI is InChI=1S/C28H33ClN4O6/c1-32(2)22-15-9-11-8-14-19(17(34)10-13(21(14)29)16-4-3-7-33(16)12-5-6-12)23(35)18(11)26(37)28(15,39)25(30)20(24(22)36)27(31)38/h10-12,15-16,18,20,22,30,34,39H,3-9H2,1-2H3,(H2,31,38). The second-order valence-corrected chi connectivity index (χ2v) is 12.5. The molecule has 5 aliphatic rings. The number of amides is 1. The number of likely N-dealkylation sites (N-methyl/N-ethyl adjacent to an activating group) is 1. The van der Waals surface area contributed by atoms with E-state index in [1.807, 2.05) is 0 Å². The summed E-state index contributed by atoms with van der Waals surface area (Å²) in [7, 11) is 3.20. The van der Waals surface area contributed by atoms with E-state index < -0.39 is 64.3 Å². The van der Waals surface area contributed by atoms with Gasteiger partial charge in [0.25, 0.3) is 0 Å². The van der Waals surface area contributed by atoms with Crippen LogP contribution < -0.4 is 5.73 Å². The van der Waals surface area contributed by atoms with Crippen LogP contribution in [0.2, 0.25) is 5.02 Å². The minimum atomic E-state index is -2.51. The number of primary amides is 1. The van der Waals surface area contributed by atoms with Crippen molar-refractivity contribution in [1.29, 1.82) is 5.41 Å². The summed E-state index contributed by atoms with van der Waals surface area (Å²) in [5.74, 6) is -8.33. The van der Waals surface area contributed by atoms with Crippen LogP contribution in [0.5, 0.6) is 5.75 Å². The molecular weight excluding hydrogens is 524 g/mol. The molecule has 0 aromatic heterocycles. The number of aliphatic hydroxyl groups is 1. The molecule has 0 radical (unpaired) electrons. The number of phenolic OH excluding ortho intramolecular Hbond substituents is 1. The molecular formula is C28H33ClN4O6. The van der Waals surface area contributed by atoms with Gasteiger partial charge in [-0.3, -0.25) is 29.0 Å². The number of hydrogen-bond acceptors (Lipinski definition) is 9. The number of carbonyl (C=O) groups is 4. The summed E-state index contributed by atoms with van der Waals surface area (Å²) >= 11 is 6.97. The molecule has 7 atom stereocenters. The van der Waals surface area contributed by atoms with Gasteiger partial charge in [0.05, 0.1) is 23.2 Å². The number of fused-ring (bicyclic) bond motifs is 3. The SMILES string of the molecule is CN(C)C1C(=O)C(C(N)=O)C(=N)C2(O)C(=O)C3C(=O)c4c(O)cc(C5CCCN5C5CC5)c(Cl)c4CC3CC12. The number of aromatic hydroxyl groups is 1. The number of phenols is 1. The predicted molar refractivity (Wildman–Crippen MR) is 141 cm³/mol. The van der Waals surface area contributed by atoms with Crippen LogP contribution in [-0.2, 0) is 20.8 Å². The molecule has 39 heavy (non-hydrogen) atoms. The van der Waals surface area contributed by atoms with Crippen molar-refractivity contribution in [3.8, 4) is 5.75 Å². The third kappa shape index (κ3) is 3.61. The van der Waals surface area contributed by atoms with Gasteiger partial charge in [0.1, 0.15) is 11.7 Å². The number of ketones is 3. The van der Waals surface area contributed by atoms with Crippen LogP contribution >= 0.6 is 11.6 Å². The van der Waals surface area contributed by atoms with E-state index in [4.69, 9.17) is 22.7 Å². The Morgan fingerprint density at radius 2 is 1.92 bits per heavy atom. The van der Waals surface area contributed by atoms with Gasteiger partial charge in [-0.1, -0.05) is 11.6 Å². The maximum absolute atomic E-state index is 14.0. The van der Waals surface area contributed by atoms with Crippen LogP contribution in [0.15, 0.2) is 6.07 Å². The smallest absolute Gasteiger partial charge is 0.233 e. The van der Waals surface area contributed by atoms with Crippen LogP contribution in [-0.4, -0.2) is 87.3 Å². The van der Waals surface area contributed by atoms with E-state index in [9.17, 15) is 29.4 Å². The summed E-state index contributed by atoms with van der Waals surface area (Å²) in [5.41, 5.74) is 3.41. The van der Waals surface area contributed by atoms with E-state index in [2.05, 4.69) is 4.90 Å². The van der Waals surface area contributed by atoms with Gasteiger partial charge >= 0.3 is 0 Å². The van der Waals surface area contributed by atoms with Gasteiger partial charge in [0.15, 0.2) is 23.0 Å². The summed E-state index contributed by atoms with van der Waals surface area (Å²) in [6.45, 7) is 0.958. The summed E-state index contributed by atoms with van der Waals surface area (Å²) < 4.78 is 0. The molecule has 5 N–H and O–H groups in total. The predicted octanol–water partition coefficient (Wildman–Crippen LogP) is 1.27. The number of likely N-dealkylation sites (tertiary alicyclic amines) is 1. The average molecular weight is 557 g/mol. The normalized spacial score (nSPS) is 36.6. The van der Waals surface area contributed by atoms with Crippen molar-refractivity contribution in [2.45, 2.75) is 62.3 Å². The highest BCUT2D eigenvalue weighted by atomic mass is 35.5. The van der Waals surface area contributed by atoms with Gasteiger partial charge in [-0.2, -0.15) is 0 Å². The quantitative estimate of drug-likeness (QED) is 0.402. The first-order valence-electron chi connectivity index (χ1n) is 13.6. The molecule has 208 valence electrons. The van der Waals surface area contributed by atoms with Crippen LogP contribution in [0.1, 0.15) is 59.6 Å². The number of Topliss-reactive ketones (excluding diaryl/α,β-unsaturated/α-hetero) is 3. The molecule has 0 spiro atoms. The van der Waals surface area contributed by atoms with Crippen molar-refractivity contribution in [3.63, 3.8) is 0 Å². The van der Waals surface area contributed by atoms with Crippen molar-refractivity contribution in [3.05, 3.63) is 27.8 Å². The van der Waals surface area contributed by atoms with Gasteiger partial charge in [0.2, 0.25) is 5.91 Å². The second kappa shape index (κ2) is 8.92. The molecule has 6 rings (SSSR count). The highest BCUT2D eigenvalue weighted by molar-refractivity contribution is 6.35. The van der Waals surface area contributed by atoms with Crippen LogP contribution in [0.4, 0.5) is 0 Å². The first-order chi connectivity index (χ1) is 18.4. The lowest BCUT2D eigenvalue weighted by Crippen LogP contribution is -2.73. The van der Waals surface area contributed by atoms with Crippen LogP contribution in [0.3, 0.4) is 0 Å². The van der Waals surface area contributed by atoms with Crippen molar-refractivity contribution in [2.24, 2.45) is 29.4 Å². The maximum Gasteiger partial charge on any atom is 0.233 e. The van der Waals surface area contributed by atoms with Crippen molar-refractivity contribution < 1.29 is 29.4 Å². The Labute approximate surface area is 231 Å². The fraction of sp³-hybridized carbons (Fsp3) is 0.607. The van der Waals surface area contributed by atoms with E-state index in [0.29, 0.717) is 16.6 Å². The van der Waals surface area contributed by atoms with E-state index in [1.54, 1.807) is 20.2 Å². The van der Waals surface area contributed by atoms with Crippen LogP contribution in [0.25, 0.3) is 0 Å². The molecule has 1 heterocycles. The van der Waals surface area contributed by atoms with Crippen LogP contribution in [0, 0.1) is 29.1 Å². The average Bonchev–Trinajstić information content (AvgIpc) is 3.59. The minimum absolute atomic E-state index is 0.0228. The Kier molecular flexibility index (Phi) is 6.08. The number of nitrogens with two attached hydrogens (primary N) is 1. The van der Waals surface area contributed by atoms with E-state index in [1.165, 1.54) is 4.90 Å². The number of rotatable bonds is 4. The first kappa shape index (κ1) is 26.6. The molecule has 1 aromatic carbocycles. The lowest BCUT2D eigenvalue weighted by Gasteiger charge is -2.53. The molecule has 10 nitrogen and oxygen atoms in total. The minimum Gasteiger partial charge on any atom is -0.507 e. The Morgan fingerprint density at radius 3 is 2.54 bits per heavy atom. The third-order valence-corrected chi connectivity index (χ3v) is 10.2. The third-order valence-electron chi connectivity index (χ3n) is 9.75. The second-order valence-electron chi connectivity index (χ2n) is 12.1. The molecule has 1 aromatic rings. The summed E-state index contributed by atoms with van der Waals surface area (Å²) in [4.78, 5) is 57.2. The fourth-order valence-electron chi connectivity index (χ4n) is 7.93. The molecule has 4 aliphatic carbocycles. The van der Waals surface area contributed by atoms with Gasteiger partial charge in [-0.15, -0.1) is 0 Å². The Balaban J connectivity index is 1.43.